The summed E-state index contributed by atoms with van der Waals surface area (Å²) >= 11 is 0. The molecule has 0 unspecified atom stereocenters. The van der Waals surface area contributed by atoms with Crippen LogP contribution in [0.15, 0.2) is 36.4 Å². The molecule has 0 radical (unpaired) electrons. The summed E-state index contributed by atoms with van der Waals surface area (Å²) in [5.74, 6) is 1.71. The van der Waals surface area contributed by atoms with Crippen LogP contribution in [0.1, 0.15) is 25.8 Å². The minimum atomic E-state index is 0.746. The van der Waals surface area contributed by atoms with Gasteiger partial charge in [-0.25, -0.2) is 0 Å². The van der Waals surface area contributed by atoms with Crippen molar-refractivity contribution in [2.45, 2.75) is 26.7 Å². The summed E-state index contributed by atoms with van der Waals surface area (Å²) in [5.41, 5.74) is 1.43. The van der Waals surface area contributed by atoms with Crippen LogP contribution in [0.5, 0.6) is 5.75 Å². The van der Waals surface area contributed by atoms with Crippen molar-refractivity contribution in [2.75, 3.05) is 7.11 Å². The molecule has 0 N–H and O–H groups in total. The van der Waals surface area contributed by atoms with Crippen molar-refractivity contribution < 1.29 is 4.74 Å². The molecule has 0 aliphatic carbocycles. The van der Waals surface area contributed by atoms with Gasteiger partial charge < -0.3 is 4.74 Å². The molecule has 0 amide bonds. The van der Waals surface area contributed by atoms with Crippen LogP contribution in [0, 0.1) is 5.92 Å². The van der Waals surface area contributed by atoms with Gasteiger partial charge in [0.2, 0.25) is 0 Å². The highest BCUT2D eigenvalue weighted by Crippen LogP contribution is 2.29. The van der Waals surface area contributed by atoms with Crippen LogP contribution >= 0.6 is 0 Å². The molecule has 17 heavy (non-hydrogen) atoms. The van der Waals surface area contributed by atoms with Gasteiger partial charge in [0, 0.05) is 5.39 Å². The molecule has 2 rings (SSSR count). The summed E-state index contributed by atoms with van der Waals surface area (Å²) in [6.07, 6.45) is 2.37. The standard InChI is InChI=1S/C16H20O/c1-12(2)8-9-13-10-11-16(17-3)15-7-5-4-6-14(13)15/h4-7,10-12H,8-9H2,1-3H3. The van der Waals surface area contributed by atoms with E-state index in [-0.39, 0.29) is 0 Å². The summed E-state index contributed by atoms with van der Waals surface area (Å²) in [6.45, 7) is 4.54. The van der Waals surface area contributed by atoms with E-state index in [1.807, 2.05) is 0 Å². The number of aryl methyl sites for hydroxylation is 1. The van der Waals surface area contributed by atoms with Gasteiger partial charge in [0.1, 0.15) is 5.75 Å². The molecule has 0 fully saturated rings. The lowest BCUT2D eigenvalue weighted by atomic mass is 9.97. The molecule has 1 nitrogen and oxygen atoms in total. The van der Waals surface area contributed by atoms with Crippen LogP contribution in [0.25, 0.3) is 10.8 Å². The molecule has 0 atom stereocenters. The average molecular weight is 228 g/mol. The Morgan fingerprint density at radius 1 is 1.00 bits per heavy atom. The van der Waals surface area contributed by atoms with E-state index < -0.39 is 0 Å². The molecule has 0 aliphatic heterocycles. The maximum absolute atomic E-state index is 5.41. The van der Waals surface area contributed by atoms with Crippen molar-refractivity contribution in [3.8, 4) is 5.75 Å². The van der Waals surface area contributed by atoms with E-state index in [0.29, 0.717) is 0 Å². The van der Waals surface area contributed by atoms with Crippen molar-refractivity contribution >= 4 is 10.8 Å². The molecule has 2 aromatic carbocycles. The molecule has 2 aromatic rings. The molecule has 0 bridgehead atoms. The lowest BCUT2D eigenvalue weighted by Crippen LogP contribution is -1.94. The van der Waals surface area contributed by atoms with Crippen molar-refractivity contribution in [2.24, 2.45) is 5.92 Å². The van der Waals surface area contributed by atoms with Gasteiger partial charge in [-0.2, -0.15) is 0 Å². The molecule has 0 saturated heterocycles. The van der Waals surface area contributed by atoms with Gasteiger partial charge >= 0.3 is 0 Å². The first-order valence-electron chi connectivity index (χ1n) is 6.27. The number of ether oxygens (including phenoxy) is 1. The molecule has 0 aliphatic rings. The highest BCUT2D eigenvalue weighted by atomic mass is 16.5. The minimum Gasteiger partial charge on any atom is -0.496 e. The fraction of sp³-hybridized carbons (Fsp3) is 0.375. The normalized spacial score (nSPS) is 11.1. The number of hydrogen-bond donors (Lipinski definition) is 0. The minimum absolute atomic E-state index is 0.746. The molecule has 90 valence electrons. The zero-order chi connectivity index (χ0) is 12.3. The topological polar surface area (TPSA) is 9.23 Å². The van der Waals surface area contributed by atoms with Crippen molar-refractivity contribution in [3.05, 3.63) is 42.0 Å². The van der Waals surface area contributed by atoms with Crippen LogP contribution < -0.4 is 4.74 Å². The molecule has 0 spiro atoms. The van der Waals surface area contributed by atoms with Crippen molar-refractivity contribution in [3.63, 3.8) is 0 Å². The van der Waals surface area contributed by atoms with Crippen LogP contribution in [-0.4, -0.2) is 7.11 Å². The van der Waals surface area contributed by atoms with Crippen LogP contribution in [0.3, 0.4) is 0 Å². The number of benzene rings is 2. The van der Waals surface area contributed by atoms with E-state index in [9.17, 15) is 0 Å². The Balaban J connectivity index is 2.43. The maximum Gasteiger partial charge on any atom is 0.126 e. The summed E-state index contributed by atoms with van der Waals surface area (Å²) in [5, 5.41) is 2.55. The second-order valence-electron chi connectivity index (χ2n) is 4.91. The lowest BCUT2D eigenvalue weighted by Gasteiger charge is -2.11. The largest absolute Gasteiger partial charge is 0.496 e. The van der Waals surface area contributed by atoms with E-state index in [4.69, 9.17) is 4.74 Å². The second-order valence-corrected chi connectivity index (χ2v) is 4.91. The van der Waals surface area contributed by atoms with Gasteiger partial charge in [-0.3, -0.25) is 0 Å². The second kappa shape index (κ2) is 5.22. The SMILES string of the molecule is COc1ccc(CCC(C)C)c2ccccc12. The molecular weight excluding hydrogens is 208 g/mol. The predicted molar refractivity (Wildman–Crippen MR) is 73.7 cm³/mol. The Morgan fingerprint density at radius 3 is 2.35 bits per heavy atom. The Bertz CT molecular complexity index is 500. The first-order chi connectivity index (χ1) is 8.22. The summed E-state index contributed by atoms with van der Waals surface area (Å²) in [4.78, 5) is 0. The smallest absolute Gasteiger partial charge is 0.126 e. The van der Waals surface area contributed by atoms with Gasteiger partial charge in [-0.1, -0.05) is 44.2 Å². The summed E-state index contributed by atoms with van der Waals surface area (Å²) in [6, 6.07) is 12.8. The Hall–Kier alpha value is -1.50. The maximum atomic E-state index is 5.41. The third-order valence-corrected chi connectivity index (χ3v) is 3.19. The fourth-order valence-corrected chi connectivity index (χ4v) is 2.17. The molecular formula is C16H20O. The number of rotatable bonds is 4. The van der Waals surface area contributed by atoms with E-state index in [0.717, 1.165) is 18.1 Å². The fourth-order valence-electron chi connectivity index (χ4n) is 2.17. The monoisotopic (exact) mass is 228 g/mol. The van der Waals surface area contributed by atoms with Crippen LogP contribution in [-0.2, 0) is 6.42 Å². The van der Waals surface area contributed by atoms with Gasteiger partial charge in [0.25, 0.3) is 0 Å². The van der Waals surface area contributed by atoms with Crippen LogP contribution in [0.4, 0.5) is 0 Å². The van der Waals surface area contributed by atoms with E-state index in [1.54, 1.807) is 7.11 Å². The third kappa shape index (κ3) is 2.60. The van der Waals surface area contributed by atoms with E-state index in [1.165, 1.54) is 22.8 Å². The molecule has 0 saturated carbocycles. The first-order valence-corrected chi connectivity index (χ1v) is 6.27. The number of fused-ring (bicyclic) bond motifs is 1. The predicted octanol–water partition coefficient (Wildman–Crippen LogP) is 4.44. The lowest BCUT2D eigenvalue weighted by molar-refractivity contribution is 0.419. The molecule has 0 aromatic heterocycles. The quantitative estimate of drug-likeness (QED) is 0.752. The van der Waals surface area contributed by atoms with Gasteiger partial charge in [-0.15, -0.1) is 0 Å². The molecule has 0 heterocycles. The first kappa shape index (κ1) is 12.0. The van der Waals surface area contributed by atoms with Crippen molar-refractivity contribution in [1.29, 1.82) is 0 Å². The van der Waals surface area contributed by atoms with Crippen molar-refractivity contribution in [1.82, 2.24) is 0 Å². The molecule has 1 heteroatoms. The van der Waals surface area contributed by atoms with Gasteiger partial charge in [0.15, 0.2) is 0 Å². The summed E-state index contributed by atoms with van der Waals surface area (Å²) < 4.78 is 5.41. The highest BCUT2D eigenvalue weighted by molar-refractivity contribution is 5.91. The Morgan fingerprint density at radius 2 is 1.71 bits per heavy atom. The Kier molecular flexibility index (Phi) is 3.68. The Labute approximate surface area is 103 Å². The zero-order valence-corrected chi connectivity index (χ0v) is 10.9. The number of methoxy groups -OCH3 is 1. The zero-order valence-electron chi connectivity index (χ0n) is 10.9. The van der Waals surface area contributed by atoms with Crippen LogP contribution in [0.2, 0.25) is 0 Å². The third-order valence-electron chi connectivity index (χ3n) is 3.19. The highest BCUT2D eigenvalue weighted by Gasteiger charge is 2.06. The summed E-state index contributed by atoms with van der Waals surface area (Å²) in [7, 11) is 1.73. The van der Waals surface area contributed by atoms with E-state index in [2.05, 4.69) is 50.2 Å². The van der Waals surface area contributed by atoms with Gasteiger partial charge in [0.05, 0.1) is 7.11 Å². The van der Waals surface area contributed by atoms with E-state index >= 15 is 0 Å². The average Bonchev–Trinajstić information content (AvgIpc) is 2.35. The number of hydrogen-bond acceptors (Lipinski definition) is 1. The van der Waals surface area contributed by atoms with Gasteiger partial charge in [-0.05, 0) is 35.8 Å².